The van der Waals surface area contributed by atoms with Crippen LogP contribution in [0.1, 0.15) is 37.1 Å². The van der Waals surface area contributed by atoms with Crippen LogP contribution >= 0.6 is 0 Å². The number of para-hydroxylation sites is 1. The molecule has 1 fully saturated rings. The summed E-state index contributed by atoms with van der Waals surface area (Å²) >= 11 is 0. The average molecular weight is 490 g/mol. The molecule has 1 aliphatic heterocycles. The lowest BCUT2D eigenvalue weighted by atomic mass is 10.2. The van der Waals surface area contributed by atoms with Gasteiger partial charge in [0.25, 0.3) is 0 Å². The van der Waals surface area contributed by atoms with Crippen molar-refractivity contribution >= 4 is 40.5 Å². The van der Waals surface area contributed by atoms with Gasteiger partial charge in [0, 0.05) is 56.5 Å². The first-order valence-corrected chi connectivity index (χ1v) is 12.0. The monoisotopic (exact) mass is 489 g/mol. The Hall–Kier alpha value is -3.98. The number of hydrogen-bond acceptors (Lipinski definition) is 5. The zero-order chi connectivity index (χ0) is 25.5. The molecule has 9 heteroatoms. The van der Waals surface area contributed by atoms with Crippen molar-refractivity contribution in [3.63, 3.8) is 0 Å². The lowest BCUT2D eigenvalue weighted by Gasteiger charge is -2.26. The van der Waals surface area contributed by atoms with Gasteiger partial charge in [0.1, 0.15) is 5.82 Å². The molecule has 4 rings (SSSR count). The number of benzene rings is 1. The summed E-state index contributed by atoms with van der Waals surface area (Å²) in [6.45, 7) is 4.18. The molecular formula is C27H31N5O4. The van der Waals surface area contributed by atoms with E-state index in [2.05, 4.69) is 21.4 Å². The molecule has 1 atom stereocenters. The SMILES string of the molecule is CC(c1cc2ccccc2[nH]1)N(C)C(=O)C=Cc1ccc(NC(=O)CCC(=O)N2CCOCC2)nc1. The lowest BCUT2D eigenvalue weighted by molar-refractivity contribution is -0.136. The van der Waals surface area contributed by atoms with Crippen molar-refractivity contribution < 1.29 is 19.1 Å². The van der Waals surface area contributed by atoms with Gasteiger partial charge in [-0.05, 0) is 48.2 Å². The summed E-state index contributed by atoms with van der Waals surface area (Å²) in [4.78, 5) is 48.1. The minimum absolute atomic E-state index is 0.0459. The van der Waals surface area contributed by atoms with Crippen LogP contribution in [0.3, 0.4) is 0 Å². The third-order valence-corrected chi connectivity index (χ3v) is 6.33. The number of carbonyl (C=O) groups excluding carboxylic acids is 3. The first-order valence-electron chi connectivity index (χ1n) is 12.0. The fourth-order valence-corrected chi connectivity index (χ4v) is 3.98. The van der Waals surface area contributed by atoms with Crippen LogP contribution in [-0.4, -0.2) is 70.8 Å². The van der Waals surface area contributed by atoms with Gasteiger partial charge in [-0.2, -0.15) is 0 Å². The second-order valence-electron chi connectivity index (χ2n) is 8.79. The summed E-state index contributed by atoms with van der Waals surface area (Å²) in [7, 11) is 1.77. The van der Waals surface area contributed by atoms with Crippen molar-refractivity contribution in [1.82, 2.24) is 19.8 Å². The minimum Gasteiger partial charge on any atom is -0.378 e. The fourth-order valence-electron chi connectivity index (χ4n) is 3.98. The maximum Gasteiger partial charge on any atom is 0.246 e. The number of anilines is 1. The summed E-state index contributed by atoms with van der Waals surface area (Å²) in [6, 6.07) is 13.4. The summed E-state index contributed by atoms with van der Waals surface area (Å²) in [5.41, 5.74) is 2.74. The van der Waals surface area contributed by atoms with Gasteiger partial charge >= 0.3 is 0 Å². The van der Waals surface area contributed by atoms with Crippen molar-refractivity contribution in [2.24, 2.45) is 0 Å². The Morgan fingerprint density at radius 2 is 1.94 bits per heavy atom. The van der Waals surface area contributed by atoms with Crippen LogP contribution in [0.5, 0.6) is 0 Å². The normalized spacial score (nSPS) is 14.7. The van der Waals surface area contributed by atoms with Gasteiger partial charge in [0.05, 0.1) is 19.3 Å². The molecule has 36 heavy (non-hydrogen) atoms. The molecule has 2 N–H and O–H groups in total. The molecule has 1 aliphatic rings. The molecule has 0 radical (unpaired) electrons. The zero-order valence-electron chi connectivity index (χ0n) is 20.6. The number of fused-ring (bicyclic) bond motifs is 1. The topological polar surface area (TPSA) is 108 Å². The molecule has 188 valence electrons. The van der Waals surface area contributed by atoms with Gasteiger partial charge in [-0.15, -0.1) is 0 Å². The van der Waals surface area contributed by atoms with E-state index in [4.69, 9.17) is 4.74 Å². The molecule has 3 aromatic rings. The summed E-state index contributed by atoms with van der Waals surface area (Å²) < 4.78 is 5.24. The van der Waals surface area contributed by atoms with E-state index in [0.717, 1.165) is 22.2 Å². The number of ether oxygens (including phenoxy) is 1. The number of pyridine rings is 1. The zero-order valence-corrected chi connectivity index (χ0v) is 20.6. The molecule has 0 bridgehead atoms. The van der Waals surface area contributed by atoms with Crippen molar-refractivity contribution in [3.05, 3.63) is 66.0 Å². The molecule has 9 nitrogen and oxygen atoms in total. The molecule has 1 unspecified atom stereocenters. The van der Waals surface area contributed by atoms with E-state index in [0.29, 0.717) is 32.1 Å². The Morgan fingerprint density at radius 3 is 2.67 bits per heavy atom. The van der Waals surface area contributed by atoms with Gasteiger partial charge in [0.2, 0.25) is 17.7 Å². The van der Waals surface area contributed by atoms with E-state index < -0.39 is 0 Å². The van der Waals surface area contributed by atoms with Crippen molar-refractivity contribution in [1.29, 1.82) is 0 Å². The molecule has 0 spiro atoms. The number of amides is 3. The minimum atomic E-state index is -0.268. The van der Waals surface area contributed by atoms with Gasteiger partial charge in [-0.1, -0.05) is 18.2 Å². The van der Waals surface area contributed by atoms with E-state index in [1.807, 2.05) is 31.2 Å². The number of aromatic nitrogens is 2. The third-order valence-electron chi connectivity index (χ3n) is 6.33. The van der Waals surface area contributed by atoms with E-state index in [1.165, 1.54) is 6.08 Å². The number of morpholine rings is 1. The van der Waals surface area contributed by atoms with Crippen molar-refractivity contribution in [2.75, 3.05) is 38.7 Å². The highest BCUT2D eigenvalue weighted by molar-refractivity contribution is 5.93. The Morgan fingerprint density at radius 1 is 1.17 bits per heavy atom. The maximum atomic E-state index is 12.7. The van der Waals surface area contributed by atoms with E-state index in [1.54, 1.807) is 41.3 Å². The van der Waals surface area contributed by atoms with Crippen LogP contribution in [0.25, 0.3) is 17.0 Å². The Balaban J connectivity index is 1.26. The fraction of sp³-hybridized carbons (Fsp3) is 0.333. The molecule has 3 heterocycles. The molecule has 0 saturated carbocycles. The van der Waals surface area contributed by atoms with Crippen LogP contribution in [0.2, 0.25) is 0 Å². The number of rotatable bonds is 8. The lowest BCUT2D eigenvalue weighted by Crippen LogP contribution is -2.40. The highest BCUT2D eigenvalue weighted by Gasteiger charge is 2.18. The second-order valence-corrected chi connectivity index (χ2v) is 8.79. The summed E-state index contributed by atoms with van der Waals surface area (Å²) in [6.07, 6.45) is 5.02. The second kappa shape index (κ2) is 11.6. The van der Waals surface area contributed by atoms with Gasteiger partial charge in [-0.3, -0.25) is 14.4 Å². The van der Waals surface area contributed by atoms with Crippen LogP contribution in [0.4, 0.5) is 5.82 Å². The van der Waals surface area contributed by atoms with Crippen LogP contribution in [0.15, 0.2) is 54.7 Å². The largest absolute Gasteiger partial charge is 0.378 e. The molecule has 3 amide bonds. The molecule has 1 aromatic carbocycles. The predicted molar refractivity (Wildman–Crippen MR) is 138 cm³/mol. The number of aromatic amines is 1. The highest BCUT2D eigenvalue weighted by atomic mass is 16.5. The first-order chi connectivity index (χ1) is 17.4. The standard InChI is InChI=1S/C27H31N5O4/c1-19(23-17-21-5-3-4-6-22(21)29-23)31(2)26(34)11-8-20-7-9-24(28-18-20)30-25(33)10-12-27(35)32-13-15-36-16-14-32/h3-9,11,17-19,29H,10,12-16H2,1-2H3,(H,28,30,33). The smallest absolute Gasteiger partial charge is 0.246 e. The first kappa shape index (κ1) is 25.1. The van der Waals surface area contributed by atoms with Gasteiger partial charge in [0.15, 0.2) is 0 Å². The predicted octanol–water partition coefficient (Wildman–Crippen LogP) is 3.37. The van der Waals surface area contributed by atoms with Crippen LogP contribution in [0, 0.1) is 0 Å². The number of nitrogens with one attached hydrogen (secondary N) is 2. The summed E-state index contributed by atoms with van der Waals surface area (Å²) in [5, 5.41) is 3.82. The third kappa shape index (κ3) is 6.37. The molecule has 1 saturated heterocycles. The molecule has 0 aliphatic carbocycles. The number of hydrogen-bond donors (Lipinski definition) is 2. The number of carbonyl (C=O) groups is 3. The Bertz CT molecular complexity index is 1210. The molecule has 2 aromatic heterocycles. The van der Waals surface area contributed by atoms with E-state index in [9.17, 15) is 14.4 Å². The Labute approximate surface area is 210 Å². The number of H-pyrrole nitrogens is 1. The van der Waals surface area contributed by atoms with Crippen LogP contribution in [-0.2, 0) is 19.1 Å². The van der Waals surface area contributed by atoms with Crippen molar-refractivity contribution in [2.45, 2.75) is 25.8 Å². The number of likely N-dealkylation sites (N-methyl/N-ethyl adjacent to an activating group) is 1. The average Bonchev–Trinajstić information content (AvgIpc) is 3.35. The summed E-state index contributed by atoms with van der Waals surface area (Å²) in [5.74, 6) is -0.0547. The van der Waals surface area contributed by atoms with Crippen molar-refractivity contribution in [3.8, 4) is 0 Å². The van der Waals surface area contributed by atoms with Crippen LogP contribution < -0.4 is 5.32 Å². The quantitative estimate of drug-likeness (QED) is 0.472. The van der Waals surface area contributed by atoms with Gasteiger partial charge < -0.3 is 24.8 Å². The molecular weight excluding hydrogens is 458 g/mol. The van der Waals surface area contributed by atoms with E-state index >= 15 is 0 Å². The van der Waals surface area contributed by atoms with E-state index in [-0.39, 0.29) is 36.6 Å². The maximum absolute atomic E-state index is 12.7. The Kier molecular flexibility index (Phi) is 8.12. The number of nitrogens with zero attached hydrogens (tertiary/aromatic N) is 3. The highest BCUT2D eigenvalue weighted by Crippen LogP contribution is 2.23. The van der Waals surface area contributed by atoms with Gasteiger partial charge in [-0.25, -0.2) is 4.98 Å².